The lowest BCUT2D eigenvalue weighted by atomic mass is 10.5. The van der Waals surface area contributed by atoms with E-state index in [1.54, 1.807) is 0 Å². The molecule has 1 N–H and O–H groups in total. The topological polar surface area (TPSA) is 72.0 Å². The summed E-state index contributed by atoms with van der Waals surface area (Å²) < 4.78 is 39.0. The lowest BCUT2D eigenvalue weighted by molar-refractivity contribution is 0.601. The molecule has 0 aromatic carbocycles. The van der Waals surface area contributed by atoms with Crippen molar-refractivity contribution in [1.82, 2.24) is 9.97 Å². The van der Waals surface area contributed by atoms with Gasteiger partial charge in [-0.15, -0.1) is 0 Å². The molecule has 9 heteroatoms. The molecule has 0 radical (unpaired) electrons. The van der Waals surface area contributed by atoms with Gasteiger partial charge in [0.25, 0.3) is 10.0 Å². The molecule has 0 saturated carbocycles. The van der Waals surface area contributed by atoms with E-state index in [-0.39, 0.29) is 14.5 Å². The molecule has 18 heavy (non-hydrogen) atoms. The molecule has 5 nitrogen and oxygen atoms in total. The Morgan fingerprint density at radius 2 is 2.17 bits per heavy atom. The van der Waals surface area contributed by atoms with Gasteiger partial charge in [0, 0.05) is 0 Å². The van der Waals surface area contributed by atoms with E-state index >= 15 is 0 Å². The highest BCUT2D eigenvalue weighted by Crippen LogP contribution is 2.27. The predicted octanol–water partition coefficient (Wildman–Crippen LogP) is 2.44. The Labute approximate surface area is 112 Å². The Balaban J connectivity index is 2.33. The van der Waals surface area contributed by atoms with Gasteiger partial charge in [-0.2, -0.15) is 0 Å². The number of aryl methyl sites for hydroxylation is 1. The van der Waals surface area contributed by atoms with E-state index in [2.05, 4.69) is 14.7 Å². The average Bonchev–Trinajstić information content (AvgIpc) is 2.62. The molecule has 0 saturated heterocycles. The summed E-state index contributed by atoms with van der Waals surface area (Å²) in [6.07, 6.45) is 0.921. The van der Waals surface area contributed by atoms with Gasteiger partial charge in [-0.1, -0.05) is 22.9 Å². The van der Waals surface area contributed by atoms with E-state index in [4.69, 9.17) is 11.6 Å². The molecular formula is C9H7ClFN3O2S2. The number of pyridine rings is 1. The molecule has 2 heterocycles. The van der Waals surface area contributed by atoms with Crippen LogP contribution < -0.4 is 4.72 Å². The minimum absolute atomic E-state index is 0.0126. The largest absolute Gasteiger partial charge is 0.274 e. The van der Waals surface area contributed by atoms with Gasteiger partial charge >= 0.3 is 0 Å². The fourth-order valence-corrected chi connectivity index (χ4v) is 3.97. The first-order chi connectivity index (χ1) is 8.38. The molecular weight excluding hydrogens is 301 g/mol. The maximum absolute atomic E-state index is 12.6. The van der Waals surface area contributed by atoms with Crippen LogP contribution in [0.4, 0.5) is 10.2 Å². The lowest BCUT2D eigenvalue weighted by Gasteiger charge is -2.05. The number of nitrogens with zero attached hydrogens (tertiary/aromatic N) is 2. The molecule has 2 aromatic heterocycles. The molecule has 0 atom stereocenters. The van der Waals surface area contributed by atoms with Crippen LogP contribution in [0.25, 0.3) is 0 Å². The first kappa shape index (κ1) is 13.2. The van der Waals surface area contributed by atoms with Gasteiger partial charge in [0.05, 0.1) is 11.9 Å². The van der Waals surface area contributed by atoms with Crippen molar-refractivity contribution >= 4 is 38.8 Å². The number of sulfonamides is 1. The summed E-state index contributed by atoms with van der Waals surface area (Å²) in [6, 6.07) is 2.34. The van der Waals surface area contributed by atoms with Gasteiger partial charge < -0.3 is 0 Å². The summed E-state index contributed by atoms with van der Waals surface area (Å²) in [5.74, 6) is -0.518. The van der Waals surface area contributed by atoms with Gasteiger partial charge in [-0.3, -0.25) is 4.72 Å². The van der Waals surface area contributed by atoms with Crippen LogP contribution in [-0.2, 0) is 10.0 Å². The van der Waals surface area contributed by atoms with Crippen molar-refractivity contribution in [2.45, 2.75) is 11.1 Å². The van der Waals surface area contributed by atoms with E-state index in [1.165, 1.54) is 13.0 Å². The maximum atomic E-state index is 12.6. The van der Waals surface area contributed by atoms with Crippen LogP contribution in [0.1, 0.15) is 5.69 Å². The molecule has 0 unspecified atom stereocenters. The van der Waals surface area contributed by atoms with Crippen LogP contribution in [0.3, 0.4) is 0 Å². The second kappa shape index (κ2) is 4.79. The Bertz CT molecular complexity index is 670. The fourth-order valence-electron chi connectivity index (χ4n) is 1.22. The molecule has 0 aliphatic carbocycles. The zero-order chi connectivity index (χ0) is 13.3. The Kier molecular flexibility index (Phi) is 3.51. The summed E-state index contributed by atoms with van der Waals surface area (Å²) in [4.78, 5) is 7.43. The third-order valence-electron chi connectivity index (χ3n) is 1.94. The average molecular weight is 308 g/mol. The van der Waals surface area contributed by atoms with Crippen molar-refractivity contribution in [1.29, 1.82) is 0 Å². The van der Waals surface area contributed by atoms with Crippen molar-refractivity contribution in [2.75, 3.05) is 4.72 Å². The summed E-state index contributed by atoms with van der Waals surface area (Å²) in [5, 5.41) is 0. The normalized spacial score (nSPS) is 11.5. The van der Waals surface area contributed by atoms with Crippen molar-refractivity contribution in [2.24, 2.45) is 0 Å². The monoisotopic (exact) mass is 307 g/mol. The number of hydrogen-bond acceptors (Lipinski definition) is 5. The quantitative estimate of drug-likeness (QED) is 0.945. The number of halogens is 2. The SMILES string of the molecule is Cc1nc(Cl)sc1S(=O)(=O)Nc1ccc(F)cn1. The van der Waals surface area contributed by atoms with Crippen LogP contribution >= 0.6 is 22.9 Å². The number of nitrogens with one attached hydrogen (secondary N) is 1. The molecule has 0 spiro atoms. The standard InChI is InChI=1S/C9H7ClFN3O2S2/c1-5-8(17-9(10)13-5)18(15,16)14-7-3-2-6(11)4-12-7/h2-4H,1H3,(H,12,14). The molecule has 2 aromatic rings. The molecule has 96 valence electrons. The zero-order valence-corrected chi connectivity index (χ0v) is 11.4. The lowest BCUT2D eigenvalue weighted by Crippen LogP contribution is -2.13. The van der Waals surface area contributed by atoms with Gasteiger partial charge in [0.1, 0.15) is 11.6 Å². The van der Waals surface area contributed by atoms with E-state index < -0.39 is 15.8 Å². The number of aromatic nitrogens is 2. The van der Waals surface area contributed by atoms with Crippen molar-refractivity contribution in [3.8, 4) is 0 Å². The van der Waals surface area contributed by atoms with E-state index in [1.807, 2.05) is 0 Å². The van der Waals surface area contributed by atoms with Crippen molar-refractivity contribution in [3.05, 3.63) is 34.3 Å². The molecule has 0 amide bonds. The van der Waals surface area contributed by atoms with Crippen LogP contribution in [0.15, 0.2) is 22.5 Å². The van der Waals surface area contributed by atoms with Crippen LogP contribution in [0, 0.1) is 12.7 Å². The van der Waals surface area contributed by atoms with E-state index in [9.17, 15) is 12.8 Å². The molecule has 0 fully saturated rings. The highest BCUT2D eigenvalue weighted by atomic mass is 35.5. The second-order valence-corrected chi connectivity index (χ2v) is 6.77. The van der Waals surface area contributed by atoms with Crippen LogP contribution in [-0.4, -0.2) is 18.4 Å². The molecule has 0 aliphatic rings. The zero-order valence-electron chi connectivity index (χ0n) is 9.02. The number of thiazole rings is 1. The molecule has 0 bridgehead atoms. The summed E-state index contributed by atoms with van der Waals surface area (Å²) in [5.41, 5.74) is 0.305. The third kappa shape index (κ3) is 2.77. The van der Waals surface area contributed by atoms with Crippen molar-refractivity contribution < 1.29 is 12.8 Å². The van der Waals surface area contributed by atoms with Gasteiger partial charge in [0.2, 0.25) is 0 Å². The number of rotatable bonds is 3. The maximum Gasteiger partial charge on any atom is 0.274 e. The minimum atomic E-state index is -3.80. The number of hydrogen-bond donors (Lipinski definition) is 1. The van der Waals surface area contributed by atoms with E-state index in [0.29, 0.717) is 5.69 Å². The minimum Gasteiger partial charge on any atom is -0.263 e. The fraction of sp³-hybridized carbons (Fsp3) is 0.111. The van der Waals surface area contributed by atoms with Crippen molar-refractivity contribution in [3.63, 3.8) is 0 Å². The Morgan fingerprint density at radius 3 is 2.67 bits per heavy atom. The van der Waals surface area contributed by atoms with E-state index in [0.717, 1.165) is 23.6 Å². The highest BCUT2D eigenvalue weighted by molar-refractivity contribution is 7.94. The Hall–Kier alpha value is -1.25. The second-order valence-electron chi connectivity index (χ2n) is 3.31. The molecule has 2 rings (SSSR count). The van der Waals surface area contributed by atoms with Gasteiger partial charge in [-0.05, 0) is 19.1 Å². The smallest absolute Gasteiger partial charge is 0.263 e. The summed E-state index contributed by atoms with van der Waals surface area (Å²) in [7, 11) is -3.80. The number of anilines is 1. The first-order valence-electron chi connectivity index (χ1n) is 4.66. The highest BCUT2D eigenvalue weighted by Gasteiger charge is 2.21. The Morgan fingerprint density at radius 1 is 1.44 bits per heavy atom. The van der Waals surface area contributed by atoms with Gasteiger partial charge in [0.15, 0.2) is 8.68 Å². The van der Waals surface area contributed by atoms with Crippen LogP contribution in [0.5, 0.6) is 0 Å². The summed E-state index contributed by atoms with van der Waals surface area (Å²) >= 11 is 6.49. The predicted molar refractivity (Wildman–Crippen MR) is 66.9 cm³/mol. The van der Waals surface area contributed by atoms with Crippen LogP contribution in [0.2, 0.25) is 4.47 Å². The first-order valence-corrected chi connectivity index (χ1v) is 7.33. The van der Waals surface area contributed by atoms with Gasteiger partial charge in [-0.25, -0.2) is 22.8 Å². The third-order valence-corrected chi connectivity index (χ3v) is 5.16. The summed E-state index contributed by atoms with van der Waals surface area (Å²) in [6.45, 7) is 1.54. The molecule has 0 aliphatic heterocycles.